The molecule has 0 rings (SSSR count). The van der Waals surface area contributed by atoms with E-state index in [4.69, 9.17) is 4.74 Å². The van der Waals surface area contributed by atoms with Gasteiger partial charge in [-0.15, -0.1) is 0 Å². The largest absolute Gasteiger partial charge is 0.379 e. The fourth-order valence-corrected chi connectivity index (χ4v) is 4.21. The van der Waals surface area contributed by atoms with Gasteiger partial charge in [-0.25, -0.2) is 0 Å². The first-order valence-electron chi connectivity index (χ1n) is 14.3. The van der Waals surface area contributed by atoms with Gasteiger partial charge in [-0.1, -0.05) is 105 Å². The zero-order chi connectivity index (χ0) is 22.8. The molecule has 0 fully saturated rings. The van der Waals surface area contributed by atoms with Crippen molar-refractivity contribution < 1.29 is 4.74 Å². The molecule has 188 valence electrons. The lowest BCUT2D eigenvalue weighted by molar-refractivity contribution is 0.0808. The normalized spacial score (nSPS) is 11.8. The van der Waals surface area contributed by atoms with Crippen molar-refractivity contribution in [2.24, 2.45) is 0 Å². The predicted octanol–water partition coefficient (Wildman–Crippen LogP) is 7.93. The van der Waals surface area contributed by atoms with Crippen molar-refractivity contribution in [3.05, 3.63) is 0 Å². The number of nitrogens with zero attached hydrogens (tertiary/aromatic N) is 2. The Kier molecular flexibility index (Phi) is 26.0. The van der Waals surface area contributed by atoms with Gasteiger partial charge in [-0.3, -0.25) is 0 Å². The van der Waals surface area contributed by atoms with Gasteiger partial charge < -0.3 is 14.5 Å². The molecule has 0 unspecified atom stereocenters. The van der Waals surface area contributed by atoms with E-state index in [1.54, 1.807) is 0 Å². The Morgan fingerprint density at radius 3 is 0.903 bits per heavy atom. The first-order chi connectivity index (χ1) is 15.3. The van der Waals surface area contributed by atoms with Crippen LogP contribution >= 0.6 is 0 Å². The third kappa shape index (κ3) is 22.9. The van der Waals surface area contributed by atoms with E-state index < -0.39 is 0 Å². The lowest BCUT2D eigenvalue weighted by Crippen LogP contribution is -2.32. The van der Waals surface area contributed by atoms with Gasteiger partial charge in [0, 0.05) is 13.1 Å². The Balaban J connectivity index is 4.10. The Hall–Kier alpha value is -0.120. The zero-order valence-corrected chi connectivity index (χ0v) is 22.3. The molecule has 31 heavy (non-hydrogen) atoms. The molecule has 0 N–H and O–H groups in total. The second-order valence-corrected chi connectivity index (χ2v) is 9.54. The molecule has 0 spiro atoms. The monoisotopic (exact) mass is 440 g/mol. The van der Waals surface area contributed by atoms with Gasteiger partial charge in [0.1, 0.15) is 0 Å². The fraction of sp³-hybridized carbons (Fsp3) is 1.00. The Morgan fingerprint density at radius 1 is 0.355 bits per heavy atom. The second kappa shape index (κ2) is 26.1. The summed E-state index contributed by atoms with van der Waals surface area (Å²) in [6.07, 6.45) is 21.8. The third-order valence-corrected chi connectivity index (χ3v) is 6.42. The molecule has 0 bridgehead atoms. The highest BCUT2D eigenvalue weighted by Crippen LogP contribution is 2.07. The van der Waals surface area contributed by atoms with Crippen LogP contribution in [0.15, 0.2) is 0 Å². The lowest BCUT2D eigenvalue weighted by Gasteiger charge is -2.24. The molecule has 0 atom stereocenters. The van der Waals surface area contributed by atoms with E-state index in [0.29, 0.717) is 0 Å². The van der Waals surface area contributed by atoms with Crippen molar-refractivity contribution in [3.63, 3.8) is 0 Å². The van der Waals surface area contributed by atoms with Crippen molar-refractivity contribution in [2.45, 2.75) is 130 Å². The predicted molar refractivity (Wildman–Crippen MR) is 140 cm³/mol. The van der Waals surface area contributed by atoms with Crippen LogP contribution in [0.4, 0.5) is 0 Å². The maximum Gasteiger partial charge on any atom is 0.0594 e. The maximum atomic E-state index is 6.12. The van der Waals surface area contributed by atoms with Gasteiger partial charge in [0.05, 0.1) is 13.2 Å². The summed E-state index contributed by atoms with van der Waals surface area (Å²) in [5, 5.41) is 0. The molecule has 0 heterocycles. The van der Waals surface area contributed by atoms with Crippen molar-refractivity contribution in [2.75, 3.05) is 52.5 Å². The first kappa shape index (κ1) is 30.9. The minimum absolute atomic E-state index is 0.904. The summed E-state index contributed by atoms with van der Waals surface area (Å²) in [6.45, 7) is 18.3. The summed E-state index contributed by atoms with van der Waals surface area (Å²) in [6, 6.07) is 0. The molecule has 0 aliphatic heterocycles. The molecule has 0 saturated heterocycles. The first-order valence-corrected chi connectivity index (χ1v) is 14.3. The lowest BCUT2D eigenvalue weighted by atomic mass is 10.1. The Labute approximate surface area is 197 Å². The highest BCUT2D eigenvalue weighted by Gasteiger charge is 2.07. The average Bonchev–Trinajstić information content (AvgIpc) is 2.78. The van der Waals surface area contributed by atoms with Crippen LogP contribution in [-0.2, 0) is 4.74 Å². The third-order valence-electron chi connectivity index (χ3n) is 6.42. The highest BCUT2D eigenvalue weighted by atomic mass is 16.5. The summed E-state index contributed by atoms with van der Waals surface area (Å²) in [7, 11) is 0. The van der Waals surface area contributed by atoms with Gasteiger partial charge in [-0.2, -0.15) is 0 Å². The SMILES string of the molecule is CCCCCCN(CCCCCC)CCOCCN(CCCCCC)CCCCCC. The van der Waals surface area contributed by atoms with Gasteiger partial charge >= 0.3 is 0 Å². The smallest absolute Gasteiger partial charge is 0.0594 e. The molecule has 0 aromatic rings. The molecule has 0 aliphatic carbocycles. The molecule has 0 aromatic heterocycles. The van der Waals surface area contributed by atoms with Crippen LogP contribution in [0, 0.1) is 0 Å². The summed E-state index contributed by atoms with van der Waals surface area (Å²) in [5.74, 6) is 0. The molecule has 0 amide bonds. The summed E-state index contributed by atoms with van der Waals surface area (Å²) >= 11 is 0. The molecule has 0 aromatic carbocycles. The molecule has 0 aliphatic rings. The van der Waals surface area contributed by atoms with Gasteiger partial charge in [0.15, 0.2) is 0 Å². The van der Waals surface area contributed by atoms with Crippen LogP contribution in [0.25, 0.3) is 0 Å². The maximum absolute atomic E-state index is 6.12. The molecular weight excluding hydrogens is 380 g/mol. The molecular formula is C28H60N2O. The van der Waals surface area contributed by atoms with E-state index in [9.17, 15) is 0 Å². The van der Waals surface area contributed by atoms with Gasteiger partial charge in [-0.05, 0) is 51.9 Å². The topological polar surface area (TPSA) is 15.7 Å². The summed E-state index contributed by atoms with van der Waals surface area (Å²) in [5.41, 5.74) is 0. The molecule has 3 nitrogen and oxygen atoms in total. The second-order valence-electron chi connectivity index (χ2n) is 9.54. The van der Waals surface area contributed by atoms with Crippen LogP contribution in [-0.4, -0.2) is 62.3 Å². The van der Waals surface area contributed by atoms with Crippen LogP contribution in [0.5, 0.6) is 0 Å². The quantitative estimate of drug-likeness (QED) is 0.127. The van der Waals surface area contributed by atoms with Crippen LogP contribution in [0.3, 0.4) is 0 Å². The van der Waals surface area contributed by atoms with Crippen molar-refractivity contribution >= 4 is 0 Å². The van der Waals surface area contributed by atoms with Crippen molar-refractivity contribution in [1.82, 2.24) is 9.80 Å². The van der Waals surface area contributed by atoms with E-state index in [2.05, 4.69) is 37.5 Å². The zero-order valence-electron chi connectivity index (χ0n) is 22.3. The number of hydrogen-bond donors (Lipinski definition) is 0. The van der Waals surface area contributed by atoms with E-state index in [1.807, 2.05) is 0 Å². The van der Waals surface area contributed by atoms with Gasteiger partial charge in [0.2, 0.25) is 0 Å². The number of unbranched alkanes of at least 4 members (excludes halogenated alkanes) is 12. The van der Waals surface area contributed by atoms with Gasteiger partial charge in [0.25, 0.3) is 0 Å². The summed E-state index contributed by atoms with van der Waals surface area (Å²) < 4.78 is 6.12. The number of rotatable bonds is 26. The van der Waals surface area contributed by atoms with Crippen LogP contribution in [0.1, 0.15) is 130 Å². The standard InChI is InChI=1S/C28H60N2O/c1-5-9-13-17-21-29(22-18-14-10-6-2)25-27-31-28-26-30(23-19-15-11-7-3)24-20-16-12-8-4/h5-28H2,1-4H3. The molecule has 3 heteroatoms. The molecule has 0 saturated carbocycles. The van der Waals surface area contributed by atoms with E-state index in [1.165, 1.54) is 129 Å². The number of ether oxygens (including phenoxy) is 1. The van der Waals surface area contributed by atoms with Crippen LogP contribution in [0.2, 0.25) is 0 Å². The minimum Gasteiger partial charge on any atom is -0.379 e. The summed E-state index contributed by atoms with van der Waals surface area (Å²) in [4.78, 5) is 5.33. The average molecular weight is 441 g/mol. The van der Waals surface area contributed by atoms with E-state index >= 15 is 0 Å². The van der Waals surface area contributed by atoms with E-state index in [0.717, 1.165) is 26.3 Å². The fourth-order valence-electron chi connectivity index (χ4n) is 4.21. The van der Waals surface area contributed by atoms with Crippen molar-refractivity contribution in [1.29, 1.82) is 0 Å². The van der Waals surface area contributed by atoms with Crippen molar-refractivity contribution in [3.8, 4) is 0 Å². The number of hydrogen-bond acceptors (Lipinski definition) is 3. The molecule has 0 radical (unpaired) electrons. The van der Waals surface area contributed by atoms with E-state index in [-0.39, 0.29) is 0 Å². The highest BCUT2D eigenvalue weighted by molar-refractivity contribution is 4.61. The van der Waals surface area contributed by atoms with Crippen LogP contribution < -0.4 is 0 Å². The Bertz CT molecular complexity index is 270. The Morgan fingerprint density at radius 2 is 0.645 bits per heavy atom. The minimum atomic E-state index is 0.904.